The maximum atomic E-state index is 12.1. The highest BCUT2D eigenvalue weighted by Crippen LogP contribution is 2.26. The number of alkyl halides is 1. The molecular weight excluding hydrogens is 344 g/mol. The minimum atomic E-state index is -0.296. The van der Waals surface area contributed by atoms with Gasteiger partial charge >= 0.3 is 6.03 Å². The molecule has 2 rings (SSSR count). The fourth-order valence-corrected chi connectivity index (χ4v) is 3.98. The molecule has 0 aliphatic heterocycles. The van der Waals surface area contributed by atoms with Crippen molar-refractivity contribution < 1.29 is 4.79 Å². The van der Waals surface area contributed by atoms with E-state index in [2.05, 4.69) is 35.5 Å². The van der Waals surface area contributed by atoms with E-state index in [4.69, 9.17) is 16.9 Å². The third kappa shape index (κ3) is 5.36. The van der Waals surface area contributed by atoms with Crippen LogP contribution in [-0.2, 0) is 0 Å². The average molecular weight is 365 g/mol. The molecule has 0 saturated carbocycles. The molecule has 1 aromatic heterocycles. The molecule has 1 heterocycles. The normalized spacial score (nSPS) is 13.5. The fraction of sp³-hybridized carbons (Fsp3) is 0.471. The Labute approximate surface area is 151 Å². The number of thiazole rings is 1. The molecule has 1 aromatic carbocycles. The zero-order chi connectivity index (χ0) is 17.7. The molecule has 2 atom stereocenters. The minimum absolute atomic E-state index is 0.0224. The van der Waals surface area contributed by atoms with Crippen LogP contribution in [0.25, 0.3) is 10.2 Å². The van der Waals surface area contributed by atoms with Crippen molar-refractivity contribution in [3.8, 4) is 6.07 Å². The lowest BCUT2D eigenvalue weighted by molar-refractivity contribution is 0.248. The molecule has 2 N–H and O–H groups in total. The van der Waals surface area contributed by atoms with E-state index in [9.17, 15) is 4.79 Å². The Balaban J connectivity index is 1.91. The van der Waals surface area contributed by atoms with E-state index in [1.54, 1.807) is 18.2 Å². The van der Waals surface area contributed by atoms with Gasteiger partial charge in [-0.25, -0.2) is 9.78 Å². The number of hydrogen-bond acceptors (Lipinski definition) is 4. The fourth-order valence-electron chi connectivity index (χ4n) is 2.45. The van der Waals surface area contributed by atoms with Crippen LogP contribution in [0.15, 0.2) is 18.2 Å². The van der Waals surface area contributed by atoms with Gasteiger partial charge in [-0.15, -0.1) is 11.6 Å². The van der Waals surface area contributed by atoms with Crippen molar-refractivity contribution in [2.75, 3.05) is 5.32 Å². The molecule has 2 unspecified atom stereocenters. The first-order chi connectivity index (χ1) is 11.4. The summed E-state index contributed by atoms with van der Waals surface area (Å²) in [5.74, 6) is 0.537. The Morgan fingerprint density at radius 1 is 1.38 bits per heavy atom. The second-order valence-electron chi connectivity index (χ2n) is 6.28. The number of halogens is 1. The van der Waals surface area contributed by atoms with Crippen LogP contribution in [0.3, 0.4) is 0 Å². The zero-order valence-electron chi connectivity index (χ0n) is 14.0. The predicted molar refractivity (Wildman–Crippen MR) is 99.7 cm³/mol. The van der Waals surface area contributed by atoms with Gasteiger partial charge in [0.25, 0.3) is 0 Å². The number of carbonyl (C=O) groups excluding carboxylic acids is 1. The minimum Gasteiger partial charge on any atom is -0.335 e. The smallest absolute Gasteiger partial charge is 0.321 e. The Hall–Kier alpha value is -1.84. The van der Waals surface area contributed by atoms with Crippen molar-refractivity contribution in [1.82, 2.24) is 10.3 Å². The molecule has 2 amide bonds. The van der Waals surface area contributed by atoms with Crippen LogP contribution in [0.1, 0.15) is 39.2 Å². The van der Waals surface area contributed by atoms with Gasteiger partial charge in [0, 0.05) is 11.4 Å². The summed E-state index contributed by atoms with van der Waals surface area (Å²) < 4.78 is 0.871. The highest BCUT2D eigenvalue weighted by Gasteiger charge is 2.15. The summed E-state index contributed by atoms with van der Waals surface area (Å²) in [7, 11) is 0. The number of anilines is 1. The Kier molecular flexibility index (Phi) is 6.41. The maximum Gasteiger partial charge on any atom is 0.321 e. The number of urea groups is 1. The summed E-state index contributed by atoms with van der Waals surface area (Å²) in [5, 5.41) is 15.1. The van der Waals surface area contributed by atoms with Gasteiger partial charge < -0.3 is 5.32 Å². The second-order valence-corrected chi connectivity index (χ2v) is 7.92. The molecule has 7 heteroatoms. The summed E-state index contributed by atoms with van der Waals surface area (Å²) in [6, 6.07) is 7.03. The van der Waals surface area contributed by atoms with Crippen molar-refractivity contribution in [3.05, 3.63) is 23.8 Å². The van der Waals surface area contributed by atoms with Gasteiger partial charge in [-0.3, -0.25) is 5.32 Å². The van der Waals surface area contributed by atoms with E-state index in [0.717, 1.165) is 23.1 Å². The molecule has 0 aliphatic rings. The lowest BCUT2D eigenvalue weighted by Crippen LogP contribution is -2.37. The van der Waals surface area contributed by atoms with Crippen molar-refractivity contribution in [3.63, 3.8) is 0 Å². The van der Waals surface area contributed by atoms with E-state index >= 15 is 0 Å². The van der Waals surface area contributed by atoms with E-state index in [1.165, 1.54) is 11.3 Å². The number of aromatic nitrogens is 1. The van der Waals surface area contributed by atoms with E-state index in [0.29, 0.717) is 16.6 Å². The molecule has 0 fully saturated rings. The standard InChI is InChI=1S/C17H21ClN4OS/c1-10(2)6-13(18)7-11(3)20-16(23)22-17-21-14-5-4-12(9-19)8-15(14)24-17/h4-5,8,10-11,13H,6-7H2,1-3H3,(H2,20,21,22,23). The summed E-state index contributed by atoms with van der Waals surface area (Å²) in [4.78, 5) is 16.4. The summed E-state index contributed by atoms with van der Waals surface area (Å²) in [6.07, 6.45) is 1.65. The number of amides is 2. The molecule has 0 bridgehead atoms. The molecular formula is C17H21ClN4OS. The van der Waals surface area contributed by atoms with Crippen LogP contribution in [0.2, 0.25) is 0 Å². The van der Waals surface area contributed by atoms with Crippen LogP contribution in [0, 0.1) is 17.2 Å². The molecule has 0 aliphatic carbocycles. The van der Waals surface area contributed by atoms with Crippen LogP contribution in [0.5, 0.6) is 0 Å². The topological polar surface area (TPSA) is 77.8 Å². The number of hydrogen-bond donors (Lipinski definition) is 2. The Bertz CT molecular complexity index is 753. The van der Waals surface area contributed by atoms with Gasteiger partial charge in [0.1, 0.15) is 0 Å². The van der Waals surface area contributed by atoms with Gasteiger partial charge in [-0.2, -0.15) is 5.26 Å². The SMILES string of the molecule is CC(C)CC(Cl)CC(C)NC(=O)Nc1nc2ccc(C#N)cc2s1. The molecule has 5 nitrogen and oxygen atoms in total. The lowest BCUT2D eigenvalue weighted by atomic mass is 10.0. The highest BCUT2D eigenvalue weighted by atomic mass is 35.5. The van der Waals surface area contributed by atoms with Crippen molar-refractivity contribution >= 4 is 44.3 Å². The Morgan fingerprint density at radius 3 is 2.79 bits per heavy atom. The summed E-state index contributed by atoms with van der Waals surface area (Å²) >= 11 is 7.63. The molecule has 0 spiro atoms. The number of rotatable bonds is 6. The number of fused-ring (bicyclic) bond motifs is 1. The number of nitriles is 1. The zero-order valence-corrected chi connectivity index (χ0v) is 15.5. The number of benzene rings is 1. The Morgan fingerprint density at radius 2 is 2.12 bits per heavy atom. The monoisotopic (exact) mass is 364 g/mol. The van der Waals surface area contributed by atoms with Gasteiger partial charge in [0.15, 0.2) is 5.13 Å². The highest BCUT2D eigenvalue weighted by molar-refractivity contribution is 7.22. The van der Waals surface area contributed by atoms with Crippen LogP contribution >= 0.6 is 22.9 Å². The second kappa shape index (κ2) is 8.32. The molecule has 128 valence electrons. The van der Waals surface area contributed by atoms with Gasteiger partial charge in [0.2, 0.25) is 0 Å². The first-order valence-corrected chi connectivity index (χ1v) is 9.15. The van der Waals surface area contributed by atoms with Crippen LogP contribution < -0.4 is 10.6 Å². The van der Waals surface area contributed by atoms with Crippen molar-refractivity contribution in [1.29, 1.82) is 5.26 Å². The van der Waals surface area contributed by atoms with E-state index < -0.39 is 0 Å². The van der Waals surface area contributed by atoms with E-state index in [-0.39, 0.29) is 17.5 Å². The van der Waals surface area contributed by atoms with Crippen molar-refractivity contribution in [2.45, 2.75) is 45.0 Å². The number of carbonyl (C=O) groups is 1. The van der Waals surface area contributed by atoms with Gasteiger partial charge in [-0.1, -0.05) is 25.2 Å². The summed E-state index contributed by atoms with van der Waals surface area (Å²) in [5.41, 5.74) is 1.34. The molecule has 2 aromatic rings. The number of nitrogens with one attached hydrogen (secondary N) is 2. The molecule has 0 radical (unpaired) electrons. The van der Waals surface area contributed by atoms with Crippen LogP contribution in [-0.4, -0.2) is 22.4 Å². The van der Waals surface area contributed by atoms with Crippen molar-refractivity contribution in [2.24, 2.45) is 5.92 Å². The lowest BCUT2D eigenvalue weighted by Gasteiger charge is -2.18. The van der Waals surface area contributed by atoms with Gasteiger partial charge in [-0.05, 0) is 43.9 Å². The maximum absolute atomic E-state index is 12.1. The average Bonchev–Trinajstić information content (AvgIpc) is 2.86. The van der Waals surface area contributed by atoms with Gasteiger partial charge in [0.05, 0.1) is 21.8 Å². The third-order valence-electron chi connectivity index (χ3n) is 3.45. The summed E-state index contributed by atoms with van der Waals surface area (Å²) in [6.45, 7) is 6.20. The quantitative estimate of drug-likeness (QED) is 0.728. The third-order valence-corrected chi connectivity index (χ3v) is 4.74. The number of nitrogens with zero attached hydrogens (tertiary/aromatic N) is 2. The first kappa shape index (κ1) is 18.5. The first-order valence-electron chi connectivity index (χ1n) is 7.89. The van der Waals surface area contributed by atoms with E-state index in [1.807, 2.05) is 6.92 Å². The van der Waals surface area contributed by atoms with Crippen LogP contribution in [0.4, 0.5) is 9.93 Å². The molecule has 0 saturated heterocycles. The molecule has 24 heavy (non-hydrogen) atoms. The predicted octanol–water partition coefficient (Wildman–Crippen LogP) is 4.72. The largest absolute Gasteiger partial charge is 0.335 e.